The van der Waals surface area contributed by atoms with E-state index in [2.05, 4.69) is 42.4 Å². The number of benzene rings is 1. The molecular weight excluding hydrogens is 220 g/mol. The lowest BCUT2D eigenvalue weighted by atomic mass is 9.69. The zero-order valence-electron chi connectivity index (χ0n) is 11.3. The summed E-state index contributed by atoms with van der Waals surface area (Å²) in [7, 11) is 2.32. The van der Waals surface area contributed by atoms with Crippen LogP contribution in [-0.4, -0.2) is 31.1 Å². The van der Waals surface area contributed by atoms with E-state index in [0.717, 1.165) is 30.3 Å². The fourth-order valence-corrected chi connectivity index (χ4v) is 4.62. The third-order valence-corrected chi connectivity index (χ3v) is 5.30. The van der Waals surface area contributed by atoms with Crippen LogP contribution in [-0.2, 0) is 0 Å². The molecular formula is C16H22N2. The highest BCUT2D eigenvalue weighted by molar-refractivity contribution is 5.63. The van der Waals surface area contributed by atoms with E-state index in [1.54, 1.807) is 11.1 Å². The number of piperidine rings is 1. The summed E-state index contributed by atoms with van der Waals surface area (Å²) in [5, 5.41) is 3.60. The van der Waals surface area contributed by atoms with E-state index in [9.17, 15) is 0 Å². The van der Waals surface area contributed by atoms with Crippen LogP contribution in [0.1, 0.15) is 42.7 Å². The Hall–Kier alpha value is -1.02. The third-order valence-electron chi connectivity index (χ3n) is 5.30. The van der Waals surface area contributed by atoms with Crippen molar-refractivity contribution in [1.82, 2.24) is 4.90 Å². The number of likely N-dealkylation sites (N-methyl/N-ethyl adjacent to an activating group) is 1. The van der Waals surface area contributed by atoms with Gasteiger partial charge in [0.15, 0.2) is 0 Å². The Morgan fingerprint density at radius 2 is 2.17 bits per heavy atom. The van der Waals surface area contributed by atoms with Gasteiger partial charge in [-0.1, -0.05) is 19.1 Å². The molecule has 0 spiro atoms. The number of hydrogen-bond acceptors (Lipinski definition) is 2. The first-order valence-corrected chi connectivity index (χ1v) is 7.31. The number of nitrogens with zero attached hydrogens (tertiary/aromatic N) is 1. The zero-order chi connectivity index (χ0) is 12.3. The van der Waals surface area contributed by atoms with E-state index in [4.69, 9.17) is 0 Å². The molecule has 3 aliphatic rings. The van der Waals surface area contributed by atoms with E-state index in [1.807, 2.05) is 0 Å². The van der Waals surface area contributed by atoms with Crippen LogP contribution in [0.15, 0.2) is 18.2 Å². The van der Waals surface area contributed by atoms with Crippen LogP contribution < -0.4 is 5.32 Å². The van der Waals surface area contributed by atoms with Gasteiger partial charge in [0.1, 0.15) is 0 Å². The van der Waals surface area contributed by atoms with Crippen LogP contribution in [0.5, 0.6) is 0 Å². The molecule has 2 heterocycles. The SMILES string of the molecule is CC1CC2c3cccc4c3C(CN4)C[C@H]2N(C)C1. The minimum Gasteiger partial charge on any atom is -0.384 e. The van der Waals surface area contributed by atoms with E-state index in [-0.39, 0.29) is 0 Å². The summed E-state index contributed by atoms with van der Waals surface area (Å²) in [6.07, 6.45) is 2.73. The van der Waals surface area contributed by atoms with Crippen molar-refractivity contribution < 1.29 is 0 Å². The van der Waals surface area contributed by atoms with Crippen molar-refractivity contribution >= 4 is 5.69 Å². The predicted molar refractivity (Wildman–Crippen MR) is 75.2 cm³/mol. The van der Waals surface area contributed by atoms with Crippen molar-refractivity contribution in [2.45, 2.75) is 37.6 Å². The fourth-order valence-electron chi connectivity index (χ4n) is 4.62. The van der Waals surface area contributed by atoms with Crippen LogP contribution in [0, 0.1) is 5.92 Å². The number of fused-ring (bicyclic) bond motifs is 2. The summed E-state index contributed by atoms with van der Waals surface area (Å²) in [4.78, 5) is 2.62. The number of rotatable bonds is 0. The summed E-state index contributed by atoms with van der Waals surface area (Å²) in [6, 6.07) is 7.66. The second kappa shape index (κ2) is 3.74. The molecule has 1 aliphatic carbocycles. The molecule has 1 aromatic carbocycles. The van der Waals surface area contributed by atoms with Crippen molar-refractivity contribution in [3.8, 4) is 0 Å². The minimum atomic E-state index is 0.758. The molecule has 3 unspecified atom stereocenters. The summed E-state index contributed by atoms with van der Waals surface area (Å²) in [5.41, 5.74) is 4.72. The zero-order valence-corrected chi connectivity index (χ0v) is 11.3. The first-order chi connectivity index (χ1) is 8.74. The van der Waals surface area contributed by atoms with Crippen LogP contribution in [0.2, 0.25) is 0 Å². The Morgan fingerprint density at radius 3 is 3.06 bits per heavy atom. The van der Waals surface area contributed by atoms with Crippen LogP contribution in [0.3, 0.4) is 0 Å². The molecule has 2 nitrogen and oxygen atoms in total. The quantitative estimate of drug-likeness (QED) is 0.752. The second-order valence-corrected chi connectivity index (χ2v) is 6.58. The maximum absolute atomic E-state index is 3.60. The minimum absolute atomic E-state index is 0.758. The highest BCUT2D eigenvalue weighted by Crippen LogP contribution is 2.50. The molecule has 1 fully saturated rings. The molecule has 0 bridgehead atoms. The molecule has 4 rings (SSSR count). The van der Waals surface area contributed by atoms with Crippen molar-refractivity contribution in [3.05, 3.63) is 29.3 Å². The molecule has 1 aromatic rings. The average Bonchev–Trinajstić information content (AvgIpc) is 2.76. The molecule has 2 aliphatic heterocycles. The van der Waals surface area contributed by atoms with Gasteiger partial charge in [0, 0.05) is 36.7 Å². The molecule has 1 N–H and O–H groups in total. The lowest BCUT2D eigenvalue weighted by molar-refractivity contribution is 0.102. The first-order valence-electron chi connectivity index (χ1n) is 7.31. The molecule has 0 radical (unpaired) electrons. The van der Waals surface area contributed by atoms with Gasteiger partial charge in [-0.25, -0.2) is 0 Å². The molecule has 2 heteroatoms. The van der Waals surface area contributed by atoms with Gasteiger partial charge in [0.2, 0.25) is 0 Å². The molecule has 4 atom stereocenters. The number of hydrogen-bond donors (Lipinski definition) is 1. The first kappa shape index (κ1) is 10.9. The van der Waals surface area contributed by atoms with Gasteiger partial charge in [-0.2, -0.15) is 0 Å². The highest BCUT2D eigenvalue weighted by atomic mass is 15.1. The van der Waals surface area contributed by atoms with Crippen molar-refractivity contribution in [2.24, 2.45) is 5.92 Å². The summed E-state index contributed by atoms with van der Waals surface area (Å²) >= 11 is 0. The molecule has 0 amide bonds. The molecule has 96 valence electrons. The van der Waals surface area contributed by atoms with Gasteiger partial charge >= 0.3 is 0 Å². The van der Waals surface area contributed by atoms with Gasteiger partial charge in [-0.15, -0.1) is 0 Å². The monoisotopic (exact) mass is 242 g/mol. The van der Waals surface area contributed by atoms with Gasteiger partial charge in [0.25, 0.3) is 0 Å². The van der Waals surface area contributed by atoms with Gasteiger partial charge in [-0.3, -0.25) is 0 Å². The highest BCUT2D eigenvalue weighted by Gasteiger charge is 2.42. The predicted octanol–water partition coefficient (Wildman–Crippen LogP) is 3.02. The number of anilines is 1. The van der Waals surface area contributed by atoms with Crippen LogP contribution >= 0.6 is 0 Å². The molecule has 18 heavy (non-hydrogen) atoms. The van der Waals surface area contributed by atoms with E-state index in [1.165, 1.54) is 25.1 Å². The smallest absolute Gasteiger partial charge is 0.0379 e. The maximum Gasteiger partial charge on any atom is 0.0379 e. The van der Waals surface area contributed by atoms with Gasteiger partial charge in [-0.05, 0) is 43.0 Å². The lowest BCUT2D eigenvalue weighted by Gasteiger charge is -2.47. The van der Waals surface area contributed by atoms with E-state index >= 15 is 0 Å². The number of nitrogens with one attached hydrogen (secondary N) is 1. The topological polar surface area (TPSA) is 15.3 Å². The standard InChI is InChI=1S/C16H22N2/c1-10-6-13-12-4-3-5-14-16(12)11(8-17-14)7-15(13)18(2)9-10/h3-5,10-11,13,15,17H,6-9H2,1-2H3/t10?,11?,13?,15-/m1/s1. The summed E-state index contributed by atoms with van der Waals surface area (Å²) < 4.78 is 0. The van der Waals surface area contributed by atoms with Crippen LogP contribution in [0.4, 0.5) is 5.69 Å². The van der Waals surface area contributed by atoms with Gasteiger partial charge in [0.05, 0.1) is 0 Å². The Labute approximate surface area is 109 Å². The summed E-state index contributed by atoms with van der Waals surface area (Å²) in [6.45, 7) is 4.83. The van der Waals surface area contributed by atoms with Gasteiger partial charge < -0.3 is 10.2 Å². The Morgan fingerprint density at radius 1 is 1.28 bits per heavy atom. The largest absolute Gasteiger partial charge is 0.384 e. The molecule has 1 saturated heterocycles. The van der Waals surface area contributed by atoms with Crippen molar-refractivity contribution in [3.63, 3.8) is 0 Å². The fraction of sp³-hybridized carbons (Fsp3) is 0.625. The summed E-state index contributed by atoms with van der Waals surface area (Å²) in [5.74, 6) is 2.36. The molecule has 0 saturated carbocycles. The second-order valence-electron chi connectivity index (χ2n) is 6.58. The Balaban J connectivity index is 1.83. The average molecular weight is 242 g/mol. The third kappa shape index (κ3) is 1.38. The molecule has 0 aromatic heterocycles. The van der Waals surface area contributed by atoms with Crippen LogP contribution in [0.25, 0.3) is 0 Å². The lowest BCUT2D eigenvalue weighted by Crippen LogP contribution is -2.47. The maximum atomic E-state index is 3.60. The van der Waals surface area contributed by atoms with E-state index in [0.29, 0.717) is 0 Å². The van der Waals surface area contributed by atoms with E-state index < -0.39 is 0 Å². The Bertz CT molecular complexity index is 482. The van der Waals surface area contributed by atoms with Crippen molar-refractivity contribution in [2.75, 3.05) is 25.5 Å². The number of likely N-dealkylation sites (tertiary alicyclic amines) is 1. The Kier molecular flexibility index (Phi) is 2.25. The normalized spacial score (nSPS) is 37.9. The van der Waals surface area contributed by atoms with Crippen molar-refractivity contribution in [1.29, 1.82) is 0 Å².